The van der Waals surface area contributed by atoms with Crippen molar-refractivity contribution in [2.24, 2.45) is 12.8 Å². The van der Waals surface area contributed by atoms with Gasteiger partial charge in [-0.15, -0.1) is 0 Å². The molecule has 3 aromatic carbocycles. The van der Waals surface area contributed by atoms with Crippen LogP contribution < -0.4 is 16.4 Å². The average molecular weight is 610 g/mol. The summed E-state index contributed by atoms with van der Waals surface area (Å²) in [6, 6.07) is 21.9. The lowest BCUT2D eigenvalue weighted by Gasteiger charge is -2.21. The predicted molar refractivity (Wildman–Crippen MR) is 174 cm³/mol. The van der Waals surface area contributed by atoms with Gasteiger partial charge in [-0.05, 0) is 91.9 Å². The van der Waals surface area contributed by atoms with Crippen LogP contribution >= 0.6 is 11.6 Å². The maximum Gasteiger partial charge on any atom is 0.270 e. The normalized spacial score (nSPS) is 12.2. The number of hydrogen-bond acceptors (Lipinski definition) is 5. The molecule has 5 aromatic rings. The molecule has 5 rings (SSSR count). The van der Waals surface area contributed by atoms with Crippen LogP contribution in [-0.2, 0) is 23.8 Å². The Morgan fingerprint density at radius 2 is 1.70 bits per heavy atom. The fourth-order valence-corrected chi connectivity index (χ4v) is 5.39. The summed E-state index contributed by atoms with van der Waals surface area (Å²) in [4.78, 5) is 27.0. The van der Waals surface area contributed by atoms with Gasteiger partial charge in [0, 0.05) is 47.2 Å². The summed E-state index contributed by atoms with van der Waals surface area (Å²) in [5.74, 6) is -0.797. The SMILES string of the molecule is Cc1n[nH]c(C)c1-c1ccc(NC(=O)[C@H](Cc2cc(-c3cccc(C(C)(C)N)c3)ccc2Cl)NC(=O)c2ccnn2C)cc1. The van der Waals surface area contributed by atoms with E-state index in [1.54, 1.807) is 13.1 Å². The summed E-state index contributed by atoms with van der Waals surface area (Å²) >= 11 is 6.66. The zero-order chi connectivity index (χ0) is 31.6. The molecule has 0 saturated carbocycles. The van der Waals surface area contributed by atoms with Gasteiger partial charge in [0.1, 0.15) is 11.7 Å². The molecule has 0 radical (unpaired) electrons. The number of aromatic nitrogens is 4. The van der Waals surface area contributed by atoms with Crippen molar-refractivity contribution in [1.29, 1.82) is 0 Å². The quantitative estimate of drug-likeness (QED) is 0.165. The summed E-state index contributed by atoms with van der Waals surface area (Å²) in [7, 11) is 1.67. The minimum absolute atomic E-state index is 0.162. The fraction of sp³-hybridized carbons (Fsp3) is 0.235. The summed E-state index contributed by atoms with van der Waals surface area (Å²) in [6.45, 7) is 7.83. The highest BCUT2D eigenvalue weighted by atomic mass is 35.5. The molecule has 2 amide bonds. The van der Waals surface area contributed by atoms with E-state index in [9.17, 15) is 9.59 Å². The first kappa shape index (κ1) is 30.7. The molecule has 0 spiro atoms. The Morgan fingerprint density at radius 3 is 2.34 bits per heavy atom. The van der Waals surface area contributed by atoms with Gasteiger partial charge in [0.2, 0.25) is 5.91 Å². The number of anilines is 1. The van der Waals surface area contributed by atoms with Gasteiger partial charge < -0.3 is 16.4 Å². The lowest BCUT2D eigenvalue weighted by Crippen LogP contribution is -2.45. The van der Waals surface area contributed by atoms with Crippen molar-refractivity contribution in [3.63, 3.8) is 0 Å². The van der Waals surface area contributed by atoms with Crippen LogP contribution in [0.4, 0.5) is 5.69 Å². The van der Waals surface area contributed by atoms with E-state index in [4.69, 9.17) is 17.3 Å². The molecule has 0 aliphatic carbocycles. The molecule has 1 atom stereocenters. The standard InChI is InChI=1S/C34H36ClN7O2/c1-20-31(21(2)41-40-20)22-9-12-27(13-10-22)38-32(43)29(39-33(44)30-15-16-37-42(30)5)19-25-17-24(11-14-28(25)35)23-7-6-8-26(18-23)34(3,4)36/h6-18,29H,19,36H2,1-5H3,(H,38,43)(H,39,44)(H,40,41)/t29-/m0/s1. The van der Waals surface area contributed by atoms with Crippen molar-refractivity contribution in [2.75, 3.05) is 5.32 Å². The summed E-state index contributed by atoms with van der Waals surface area (Å²) < 4.78 is 1.46. The molecule has 2 heterocycles. The largest absolute Gasteiger partial charge is 0.339 e. The van der Waals surface area contributed by atoms with E-state index in [-0.39, 0.29) is 12.3 Å². The number of aromatic amines is 1. The number of halogens is 1. The van der Waals surface area contributed by atoms with Crippen LogP contribution in [0, 0.1) is 13.8 Å². The second-order valence-corrected chi connectivity index (χ2v) is 12.0. The lowest BCUT2D eigenvalue weighted by molar-refractivity contribution is -0.118. The van der Waals surface area contributed by atoms with Crippen LogP contribution in [-0.4, -0.2) is 37.8 Å². The number of nitrogens with zero attached hydrogens (tertiary/aromatic N) is 3. The summed E-state index contributed by atoms with van der Waals surface area (Å²) in [5.41, 5.74) is 14.3. The maximum atomic E-state index is 13.7. The fourth-order valence-electron chi connectivity index (χ4n) is 5.19. The lowest BCUT2D eigenvalue weighted by atomic mass is 9.91. The molecular weight excluding hydrogens is 574 g/mol. The summed E-state index contributed by atoms with van der Waals surface area (Å²) in [6.07, 6.45) is 1.70. The summed E-state index contributed by atoms with van der Waals surface area (Å²) in [5, 5.41) is 17.7. The number of nitrogens with one attached hydrogen (secondary N) is 3. The van der Waals surface area contributed by atoms with Crippen molar-refractivity contribution >= 4 is 29.1 Å². The second-order valence-electron chi connectivity index (χ2n) is 11.6. The number of carbonyl (C=O) groups is 2. The monoisotopic (exact) mass is 609 g/mol. The van der Waals surface area contributed by atoms with Gasteiger partial charge in [-0.3, -0.25) is 19.4 Å². The molecule has 44 heavy (non-hydrogen) atoms. The van der Waals surface area contributed by atoms with Crippen LogP contribution in [0.3, 0.4) is 0 Å². The minimum Gasteiger partial charge on any atom is -0.339 e. The first-order chi connectivity index (χ1) is 20.9. The van der Waals surface area contributed by atoms with Crippen molar-refractivity contribution in [2.45, 2.75) is 45.7 Å². The third kappa shape index (κ3) is 6.74. The predicted octanol–water partition coefficient (Wildman–Crippen LogP) is 5.92. The highest BCUT2D eigenvalue weighted by molar-refractivity contribution is 6.31. The smallest absolute Gasteiger partial charge is 0.270 e. The highest BCUT2D eigenvalue weighted by Crippen LogP contribution is 2.30. The number of rotatable bonds is 9. The molecule has 0 fully saturated rings. The van der Waals surface area contributed by atoms with Gasteiger partial charge in [-0.1, -0.05) is 48.0 Å². The number of H-pyrrole nitrogens is 1. The Bertz CT molecular complexity index is 1800. The minimum atomic E-state index is -0.933. The number of amides is 2. The molecule has 226 valence electrons. The molecule has 0 unspecified atom stereocenters. The number of aryl methyl sites for hydroxylation is 3. The van der Waals surface area contributed by atoms with Gasteiger partial charge >= 0.3 is 0 Å². The van der Waals surface area contributed by atoms with Gasteiger partial charge in [-0.25, -0.2) is 0 Å². The number of hydrogen-bond donors (Lipinski definition) is 4. The molecule has 2 aromatic heterocycles. The van der Waals surface area contributed by atoms with E-state index in [1.807, 2.05) is 88.4 Å². The number of benzene rings is 3. The average Bonchev–Trinajstić information content (AvgIpc) is 3.57. The molecule has 9 nitrogen and oxygen atoms in total. The zero-order valence-corrected chi connectivity index (χ0v) is 26.2. The Kier molecular flexibility index (Phi) is 8.71. The molecular formula is C34H36ClN7O2. The van der Waals surface area contributed by atoms with E-state index in [2.05, 4.69) is 32.0 Å². The third-order valence-corrected chi connectivity index (χ3v) is 8.02. The van der Waals surface area contributed by atoms with Gasteiger partial charge in [-0.2, -0.15) is 10.2 Å². The van der Waals surface area contributed by atoms with Crippen molar-refractivity contribution in [3.05, 3.63) is 112 Å². The van der Waals surface area contributed by atoms with Crippen LogP contribution in [0.15, 0.2) is 79.0 Å². The molecule has 0 saturated heterocycles. The topological polar surface area (TPSA) is 131 Å². The van der Waals surface area contributed by atoms with Crippen molar-refractivity contribution in [3.8, 4) is 22.3 Å². The molecule has 5 N–H and O–H groups in total. The first-order valence-electron chi connectivity index (χ1n) is 14.3. The first-order valence-corrected chi connectivity index (χ1v) is 14.7. The van der Waals surface area contributed by atoms with Crippen molar-refractivity contribution in [1.82, 2.24) is 25.3 Å². The second kappa shape index (κ2) is 12.5. The Balaban J connectivity index is 1.42. The van der Waals surface area contributed by atoms with Crippen LogP contribution in [0.5, 0.6) is 0 Å². The van der Waals surface area contributed by atoms with E-state index < -0.39 is 17.5 Å². The van der Waals surface area contributed by atoms with E-state index in [1.165, 1.54) is 10.9 Å². The third-order valence-electron chi connectivity index (χ3n) is 7.65. The molecule has 10 heteroatoms. The Hall–Kier alpha value is -4.73. The zero-order valence-electron chi connectivity index (χ0n) is 25.4. The van der Waals surface area contributed by atoms with E-state index in [0.29, 0.717) is 22.0 Å². The van der Waals surface area contributed by atoms with Crippen LogP contribution in [0.2, 0.25) is 5.02 Å². The van der Waals surface area contributed by atoms with Crippen molar-refractivity contribution < 1.29 is 9.59 Å². The Morgan fingerprint density at radius 1 is 1.00 bits per heavy atom. The van der Waals surface area contributed by atoms with Crippen LogP contribution in [0.1, 0.15) is 46.9 Å². The van der Waals surface area contributed by atoms with Crippen LogP contribution in [0.25, 0.3) is 22.3 Å². The molecule has 0 aliphatic rings. The van der Waals surface area contributed by atoms with E-state index >= 15 is 0 Å². The molecule has 0 aliphatic heterocycles. The Labute approximate surface area is 261 Å². The molecule has 0 bridgehead atoms. The van der Waals surface area contributed by atoms with E-state index in [0.717, 1.165) is 39.2 Å². The van der Waals surface area contributed by atoms with Gasteiger partial charge in [0.05, 0.1) is 5.69 Å². The van der Waals surface area contributed by atoms with Gasteiger partial charge in [0.25, 0.3) is 5.91 Å². The highest BCUT2D eigenvalue weighted by Gasteiger charge is 2.25. The van der Waals surface area contributed by atoms with Gasteiger partial charge in [0.15, 0.2) is 0 Å². The number of carbonyl (C=O) groups excluding carboxylic acids is 2. The maximum absolute atomic E-state index is 13.7. The number of nitrogens with two attached hydrogens (primary N) is 1.